The zero-order valence-electron chi connectivity index (χ0n) is 10.1. The second kappa shape index (κ2) is 4.04. The molecule has 2 aromatic rings. The van der Waals surface area contributed by atoms with E-state index in [9.17, 15) is 0 Å². The summed E-state index contributed by atoms with van der Waals surface area (Å²) in [6.45, 7) is 0.752. The molecule has 2 aromatic carbocycles. The molecule has 0 heterocycles. The van der Waals surface area contributed by atoms with Gasteiger partial charge in [0.15, 0.2) is 0 Å². The van der Waals surface area contributed by atoms with Gasteiger partial charge in [-0.15, -0.1) is 0 Å². The topological polar surface area (TPSA) is 35.2 Å². The summed E-state index contributed by atoms with van der Waals surface area (Å²) in [6, 6.07) is 10.8. The molecular formula is C15H17NO. The Kier molecular flexibility index (Phi) is 2.52. The molecule has 0 radical (unpaired) electrons. The highest BCUT2D eigenvalue weighted by molar-refractivity contribution is 5.86. The van der Waals surface area contributed by atoms with E-state index in [4.69, 9.17) is 10.5 Å². The lowest BCUT2D eigenvalue weighted by Gasteiger charge is -2.10. The molecule has 0 spiro atoms. The van der Waals surface area contributed by atoms with Crippen molar-refractivity contribution in [3.05, 3.63) is 41.5 Å². The Morgan fingerprint density at radius 1 is 1.24 bits per heavy atom. The quantitative estimate of drug-likeness (QED) is 0.856. The van der Waals surface area contributed by atoms with Gasteiger partial charge < -0.3 is 10.5 Å². The second-order valence-corrected chi connectivity index (χ2v) is 4.74. The van der Waals surface area contributed by atoms with Crippen LogP contribution in [0.15, 0.2) is 30.3 Å². The van der Waals surface area contributed by atoms with Crippen LogP contribution in [0.25, 0.3) is 10.8 Å². The number of aryl methyl sites for hydroxylation is 1. The fraction of sp³-hybridized carbons (Fsp3) is 0.333. The van der Waals surface area contributed by atoms with Crippen molar-refractivity contribution in [2.24, 2.45) is 5.73 Å². The zero-order valence-corrected chi connectivity index (χ0v) is 10.1. The van der Waals surface area contributed by atoms with Gasteiger partial charge in [0.1, 0.15) is 5.75 Å². The van der Waals surface area contributed by atoms with E-state index in [-0.39, 0.29) is 0 Å². The first-order chi connectivity index (χ1) is 8.31. The summed E-state index contributed by atoms with van der Waals surface area (Å²) in [5.74, 6) is 1.46. The standard InChI is InChI=1S/C15H17NO/c1-17-14-5-4-10-6-11-2-3-12(9-16)15(11)8-13(10)7-14/h4-8,12H,2-3,9,16H2,1H3. The van der Waals surface area contributed by atoms with Gasteiger partial charge in [0, 0.05) is 0 Å². The van der Waals surface area contributed by atoms with E-state index in [2.05, 4.69) is 24.3 Å². The first-order valence-electron chi connectivity index (χ1n) is 6.12. The fourth-order valence-corrected chi connectivity index (χ4v) is 2.79. The number of nitrogens with two attached hydrogens (primary N) is 1. The fourth-order valence-electron chi connectivity index (χ4n) is 2.79. The number of rotatable bonds is 2. The lowest BCUT2D eigenvalue weighted by Crippen LogP contribution is -2.09. The van der Waals surface area contributed by atoms with E-state index in [1.807, 2.05) is 6.07 Å². The van der Waals surface area contributed by atoms with E-state index >= 15 is 0 Å². The minimum Gasteiger partial charge on any atom is -0.497 e. The summed E-state index contributed by atoms with van der Waals surface area (Å²) in [4.78, 5) is 0. The minimum atomic E-state index is 0.542. The summed E-state index contributed by atoms with van der Waals surface area (Å²) >= 11 is 0. The lowest BCUT2D eigenvalue weighted by molar-refractivity contribution is 0.415. The van der Waals surface area contributed by atoms with Gasteiger partial charge >= 0.3 is 0 Å². The molecule has 0 saturated carbocycles. The SMILES string of the molecule is COc1ccc2cc3c(cc2c1)C(CN)CC3. The summed E-state index contributed by atoms with van der Waals surface area (Å²) in [7, 11) is 1.71. The highest BCUT2D eigenvalue weighted by atomic mass is 16.5. The Labute approximate surface area is 101 Å². The largest absolute Gasteiger partial charge is 0.497 e. The molecule has 1 aliphatic carbocycles. The summed E-state index contributed by atoms with van der Waals surface area (Å²) in [5.41, 5.74) is 8.73. The van der Waals surface area contributed by atoms with Crippen LogP contribution >= 0.6 is 0 Å². The van der Waals surface area contributed by atoms with E-state index in [0.717, 1.165) is 12.3 Å². The smallest absolute Gasteiger partial charge is 0.119 e. The Morgan fingerprint density at radius 2 is 2.12 bits per heavy atom. The molecular weight excluding hydrogens is 210 g/mol. The maximum Gasteiger partial charge on any atom is 0.119 e. The van der Waals surface area contributed by atoms with Crippen molar-refractivity contribution >= 4 is 10.8 Å². The van der Waals surface area contributed by atoms with E-state index < -0.39 is 0 Å². The third kappa shape index (κ3) is 1.69. The maximum atomic E-state index is 5.82. The molecule has 1 aliphatic rings. The Morgan fingerprint density at radius 3 is 2.88 bits per heavy atom. The predicted molar refractivity (Wildman–Crippen MR) is 70.6 cm³/mol. The molecule has 0 fully saturated rings. The van der Waals surface area contributed by atoms with Gasteiger partial charge in [0.2, 0.25) is 0 Å². The van der Waals surface area contributed by atoms with Gasteiger partial charge in [-0.2, -0.15) is 0 Å². The second-order valence-electron chi connectivity index (χ2n) is 4.74. The number of methoxy groups -OCH3 is 1. The molecule has 0 saturated heterocycles. The highest BCUT2D eigenvalue weighted by Crippen LogP contribution is 2.36. The van der Waals surface area contributed by atoms with Crippen LogP contribution in [-0.4, -0.2) is 13.7 Å². The Balaban J connectivity index is 2.18. The molecule has 88 valence electrons. The number of hydrogen-bond acceptors (Lipinski definition) is 2. The van der Waals surface area contributed by atoms with Gasteiger partial charge in [-0.25, -0.2) is 0 Å². The van der Waals surface area contributed by atoms with Crippen LogP contribution in [0.5, 0.6) is 5.75 Å². The van der Waals surface area contributed by atoms with Crippen LogP contribution in [0, 0.1) is 0 Å². The number of benzene rings is 2. The number of hydrogen-bond donors (Lipinski definition) is 1. The van der Waals surface area contributed by atoms with E-state index in [1.54, 1.807) is 7.11 Å². The third-order valence-corrected chi connectivity index (χ3v) is 3.79. The van der Waals surface area contributed by atoms with Crippen LogP contribution < -0.4 is 10.5 Å². The normalized spacial score (nSPS) is 18.4. The van der Waals surface area contributed by atoms with Crippen molar-refractivity contribution in [1.82, 2.24) is 0 Å². The first kappa shape index (κ1) is 10.6. The average Bonchev–Trinajstić information content (AvgIpc) is 2.77. The van der Waals surface area contributed by atoms with Crippen LogP contribution in [0.4, 0.5) is 0 Å². The lowest BCUT2D eigenvalue weighted by atomic mass is 9.97. The summed E-state index contributed by atoms with van der Waals surface area (Å²) in [5, 5.41) is 2.55. The molecule has 1 atom stereocenters. The molecule has 2 nitrogen and oxygen atoms in total. The van der Waals surface area contributed by atoms with E-state index in [1.165, 1.54) is 34.7 Å². The van der Waals surface area contributed by atoms with Crippen LogP contribution in [0.1, 0.15) is 23.5 Å². The van der Waals surface area contributed by atoms with Gasteiger partial charge in [0.25, 0.3) is 0 Å². The summed E-state index contributed by atoms with van der Waals surface area (Å²) in [6.07, 6.45) is 2.36. The van der Waals surface area contributed by atoms with Crippen molar-refractivity contribution in [3.8, 4) is 5.75 Å². The first-order valence-corrected chi connectivity index (χ1v) is 6.12. The predicted octanol–water partition coefficient (Wildman–Crippen LogP) is 2.84. The zero-order chi connectivity index (χ0) is 11.8. The molecule has 0 aromatic heterocycles. The molecule has 2 heteroatoms. The molecule has 0 aliphatic heterocycles. The van der Waals surface area contributed by atoms with Gasteiger partial charge in [-0.1, -0.05) is 18.2 Å². The van der Waals surface area contributed by atoms with Crippen molar-refractivity contribution in [2.45, 2.75) is 18.8 Å². The van der Waals surface area contributed by atoms with E-state index in [0.29, 0.717) is 5.92 Å². The van der Waals surface area contributed by atoms with Gasteiger partial charge in [0.05, 0.1) is 7.11 Å². The molecule has 17 heavy (non-hydrogen) atoms. The third-order valence-electron chi connectivity index (χ3n) is 3.79. The van der Waals surface area contributed by atoms with Crippen LogP contribution in [0.3, 0.4) is 0 Å². The van der Waals surface area contributed by atoms with Gasteiger partial charge in [-0.3, -0.25) is 0 Å². The molecule has 1 unspecified atom stereocenters. The average molecular weight is 227 g/mol. The summed E-state index contributed by atoms with van der Waals surface area (Å²) < 4.78 is 5.27. The monoisotopic (exact) mass is 227 g/mol. The molecule has 3 rings (SSSR count). The van der Waals surface area contributed by atoms with Crippen molar-refractivity contribution in [2.75, 3.05) is 13.7 Å². The Bertz CT molecular complexity index is 562. The van der Waals surface area contributed by atoms with Crippen LogP contribution in [0.2, 0.25) is 0 Å². The van der Waals surface area contributed by atoms with Crippen molar-refractivity contribution in [3.63, 3.8) is 0 Å². The minimum absolute atomic E-state index is 0.542. The maximum absolute atomic E-state index is 5.82. The molecule has 2 N–H and O–H groups in total. The number of fused-ring (bicyclic) bond motifs is 2. The van der Waals surface area contributed by atoms with Crippen molar-refractivity contribution in [1.29, 1.82) is 0 Å². The number of ether oxygens (including phenoxy) is 1. The van der Waals surface area contributed by atoms with Crippen molar-refractivity contribution < 1.29 is 4.74 Å². The Hall–Kier alpha value is -1.54. The molecule has 0 amide bonds. The van der Waals surface area contributed by atoms with Gasteiger partial charge in [-0.05, 0) is 59.3 Å². The highest BCUT2D eigenvalue weighted by Gasteiger charge is 2.21. The van der Waals surface area contributed by atoms with Crippen LogP contribution in [-0.2, 0) is 6.42 Å². The molecule has 0 bridgehead atoms.